The van der Waals surface area contributed by atoms with Crippen molar-refractivity contribution in [1.82, 2.24) is 19.1 Å². The van der Waals surface area contributed by atoms with Gasteiger partial charge in [-0.2, -0.15) is 0 Å². The van der Waals surface area contributed by atoms with Crippen molar-refractivity contribution >= 4 is 34.5 Å². The molecule has 3 aromatic heterocycles. The largest absolute Gasteiger partial charge is 0.456 e. The molecule has 39 heavy (non-hydrogen) atoms. The third kappa shape index (κ3) is 6.61. The maximum Gasteiger partial charge on any atom is 0.348 e. The normalized spacial score (nSPS) is 11.0. The van der Waals surface area contributed by atoms with Gasteiger partial charge in [-0.05, 0) is 29.8 Å². The maximum atomic E-state index is 12.4. The van der Waals surface area contributed by atoms with Gasteiger partial charge in [-0.3, -0.25) is 28.7 Å². The van der Waals surface area contributed by atoms with Gasteiger partial charge < -0.3 is 9.47 Å². The van der Waals surface area contributed by atoms with E-state index in [9.17, 15) is 28.8 Å². The lowest BCUT2D eigenvalue weighted by atomic mass is 10.1. The molecule has 0 aliphatic rings. The highest BCUT2D eigenvalue weighted by molar-refractivity contribution is 7.17. The van der Waals surface area contributed by atoms with Crippen LogP contribution >= 0.6 is 11.3 Å². The van der Waals surface area contributed by atoms with Crippen LogP contribution in [-0.4, -0.2) is 37.3 Å². The SMILES string of the molecule is Cn1c(COC(=O)c2ccc(/C=N/c3ccc(C(=O)OCc4cc(=O)[nH]c(=O)n4C)s3)cc2)cc(=O)[nH]c1=O. The molecular formula is C25H21N5O8S. The summed E-state index contributed by atoms with van der Waals surface area (Å²) in [5.74, 6) is -1.26. The molecule has 0 bridgehead atoms. The van der Waals surface area contributed by atoms with Crippen LogP contribution < -0.4 is 22.5 Å². The Bertz CT molecular complexity index is 1810. The Kier molecular flexibility index (Phi) is 7.96. The lowest BCUT2D eigenvalue weighted by Gasteiger charge is -2.08. The first-order valence-corrected chi connectivity index (χ1v) is 12.1. The Hall–Kier alpha value is -5.11. The van der Waals surface area contributed by atoms with Crippen molar-refractivity contribution in [3.05, 3.63) is 118 Å². The van der Waals surface area contributed by atoms with E-state index in [1.165, 1.54) is 35.4 Å². The fourth-order valence-electron chi connectivity index (χ4n) is 3.27. The predicted molar refractivity (Wildman–Crippen MR) is 141 cm³/mol. The number of H-pyrrole nitrogens is 2. The van der Waals surface area contributed by atoms with Crippen LogP contribution in [0.2, 0.25) is 0 Å². The summed E-state index contributed by atoms with van der Waals surface area (Å²) in [4.78, 5) is 79.8. The van der Waals surface area contributed by atoms with Crippen molar-refractivity contribution in [2.45, 2.75) is 13.2 Å². The number of aromatic nitrogens is 4. The molecule has 2 N–H and O–H groups in total. The Morgan fingerprint density at radius 2 is 1.36 bits per heavy atom. The fourth-order valence-corrected chi connectivity index (χ4v) is 4.01. The number of rotatable bonds is 8. The number of aromatic amines is 2. The predicted octanol–water partition coefficient (Wildman–Crippen LogP) is 0.987. The van der Waals surface area contributed by atoms with Crippen molar-refractivity contribution in [2.75, 3.05) is 0 Å². The first-order valence-electron chi connectivity index (χ1n) is 11.3. The van der Waals surface area contributed by atoms with Crippen molar-refractivity contribution in [3.63, 3.8) is 0 Å². The molecule has 200 valence electrons. The zero-order valence-electron chi connectivity index (χ0n) is 20.6. The Balaban J connectivity index is 1.33. The molecule has 0 aliphatic heterocycles. The highest BCUT2D eigenvalue weighted by Crippen LogP contribution is 2.25. The second-order valence-electron chi connectivity index (χ2n) is 8.15. The fraction of sp³-hybridized carbons (Fsp3) is 0.160. The minimum Gasteiger partial charge on any atom is -0.456 e. The number of carbonyl (C=O) groups is 2. The Labute approximate surface area is 222 Å². The highest BCUT2D eigenvalue weighted by Gasteiger charge is 2.13. The zero-order valence-corrected chi connectivity index (χ0v) is 21.4. The first-order chi connectivity index (χ1) is 18.6. The van der Waals surface area contributed by atoms with Crippen molar-refractivity contribution in [1.29, 1.82) is 0 Å². The van der Waals surface area contributed by atoms with E-state index < -0.39 is 34.4 Å². The van der Waals surface area contributed by atoms with Crippen LogP contribution in [0.25, 0.3) is 0 Å². The van der Waals surface area contributed by atoms with Crippen LogP contribution in [0.15, 0.2) is 72.7 Å². The monoisotopic (exact) mass is 551 g/mol. The topological polar surface area (TPSA) is 175 Å². The van der Waals surface area contributed by atoms with E-state index in [4.69, 9.17) is 9.47 Å². The van der Waals surface area contributed by atoms with Gasteiger partial charge in [-0.25, -0.2) is 24.2 Å². The molecule has 4 aromatic rings. The maximum absolute atomic E-state index is 12.4. The molecule has 0 atom stereocenters. The van der Waals surface area contributed by atoms with Crippen LogP contribution in [0.5, 0.6) is 0 Å². The summed E-state index contributed by atoms with van der Waals surface area (Å²) in [6.07, 6.45) is 1.55. The van der Waals surface area contributed by atoms with E-state index in [0.717, 1.165) is 11.3 Å². The summed E-state index contributed by atoms with van der Waals surface area (Å²) in [7, 11) is 2.90. The smallest absolute Gasteiger partial charge is 0.348 e. The minimum atomic E-state index is -0.632. The molecule has 3 heterocycles. The van der Waals surface area contributed by atoms with Gasteiger partial charge in [0.25, 0.3) is 11.1 Å². The molecule has 0 amide bonds. The van der Waals surface area contributed by atoms with Crippen LogP contribution in [0.3, 0.4) is 0 Å². The first kappa shape index (κ1) is 26.9. The summed E-state index contributed by atoms with van der Waals surface area (Å²) in [5.41, 5.74) is -0.937. The number of aliphatic imine (C=N–C) groups is 1. The van der Waals surface area contributed by atoms with Crippen molar-refractivity contribution in [2.24, 2.45) is 19.1 Å². The average molecular weight is 552 g/mol. The molecule has 0 aliphatic carbocycles. The standard InChI is InChI=1S/C25H21N5O8S/c1-29-16(9-19(31)27-24(29)35)12-37-22(33)15-5-3-14(4-6-15)11-26-21-8-7-18(39-21)23(34)38-13-17-10-20(32)28-25(36)30(17)2/h3-11H,12-13H2,1-2H3,(H,27,31,35)(H,28,32,36)/b26-11+. The number of nitrogens with one attached hydrogen (secondary N) is 2. The Morgan fingerprint density at radius 3 is 1.92 bits per heavy atom. The number of carbonyl (C=O) groups excluding carboxylic acids is 2. The number of esters is 2. The summed E-state index contributed by atoms with van der Waals surface area (Å²) >= 11 is 1.09. The third-order valence-corrected chi connectivity index (χ3v) is 6.48. The summed E-state index contributed by atoms with van der Waals surface area (Å²) < 4.78 is 12.8. The average Bonchev–Trinajstić information content (AvgIpc) is 3.39. The summed E-state index contributed by atoms with van der Waals surface area (Å²) in [6, 6.07) is 11.9. The number of benzene rings is 1. The van der Waals surface area contributed by atoms with E-state index in [0.29, 0.717) is 10.6 Å². The summed E-state index contributed by atoms with van der Waals surface area (Å²) in [6.45, 7) is -0.496. The van der Waals surface area contributed by atoms with Crippen LogP contribution in [0.4, 0.5) is 5.00 Å². The van der Waals surface area contributed by atoms with Gasteiger partial charge in [0, 0.05) is 32.4 Å². The van der Waals surface area contributed by atoms with E-state index in [2.05, 4.69) is 15.0 Å². The lowest BCUT2D eigenvalue weighted by molar-refractivity contribution is 0.0456. The van der Waals surface area contributed by atoms with Crippen LogP contribution in [0.1, 0.15) is 37.0 Å². The van der Waals surface area contributed by atoms with Crippen molar-refractivity contribution in [3.8, 4) is 0 Å². The van der Waals surface area contributed by atoms with Gasteiger partial charge in [0.1, 0.15) is 23.1 Å². The van der Waals surface area contributed by atoms with Crippen molar-refractivity contribution < 1.29 is 19.1 Å². The molecule has 0 saturated carbocycles. The van der Waals surface area contributed by atoms with E-state index in [1.807, 2.05) is 0 Å². The molecule has 0 radical (unpaired) electrons. The number of nitrogens with zero attached hydrogens (tertiary/aromatic N) is 3. The highest BCUT2D eigenvalue weighted by atomic mass is 32.1. The van der Waals surface area contributed by atoms with Gasteiger partial charge in [-0.15, -0.1) is 11.3 Å². The molecule has 0 saturated heterocycles. The van der Waals surface area contributed by atoms with Gasteiger partial charge in [0.2, 0.25) is 0 Å². The summed E-state index contributed by atoms with van der Waals surface area (Å²) in [5, 5.41) is 0.525. The quantitative estimate of drug-likeness (QED) is 0.241. The molecule has 0 spiro atoms. The second-order valence-corrected chi connectivity index (χ2v) is 9.21. The lowest BCUT2D eigenvalue weighted by Crippen LogP contribution is -2.30. The van der Waals surface area contributed by atoms with Gasteiger partial charge in [0.05, 0.1) is 17.0 Å². The third-order valence-electron chi connectivity index (χ3n) is 5.51. The van der Waals surface area contributed by atoms with Gasteiger partial charge >= 0.3 is 23.3 Å². The zero-order chi connectivity index (χ0) is 28.1. The number of thiophene rings is 1. The number of ether oxygens (including phenoxy) is 2. The van der Waals surface area contributed by atoms with E-state index in [-0.39, 0.29) is 35.0 Å². The molecule has 4 rings (SSSR count). The number of hydrogen-bond donors (Lipinski definition) is 2. The van der Waals surface area contributed by atoms with Crippen LogP contribution in [0, 0.1) is 0 Å². The molecular weight excluding hydrogens is 530 g/mol. The van der Waals surface area contributed by atoms with Gasteiger partial charge in [0.15, 0.2) is 0 Å². The van der Waals surface area contributed by atoms with E-state index in [1.54, 1.807) is 42.6 Å². The second kappa shape index (κ2) is 11.5. The van der Waals surface area contributed by atoms with Crippen LogP contribution in [-0.2, 0) is 36.8 Å². The van der Waals surface area contributed by atoms with E-state index >= 15 is 0 Å². The Morgan fingerprint density at radius 1 is 0.821 bits per heavy atom. The molecule has 0 fully saturated rings. The minimum absolute atomic E-state index is 0.247. The molecule has 14 heteroatoms. The molecule has 0 unspecified atom stereocenters. The molecule has 1 aromatic carbocycles. The number of hydrogen-bond acceptors (Lipinski definition) is 10. The molecule has 13 nitrogen and oxygen atoms in total. The van der Waals surface area contributed by atoms with Gasteiger partial charge in [-0.1, -0.05) is 12.1 Å².